The van der Waals surface area contributed by atoms with Gasteiger partial charge in [-0.15, -0.1) is 6.42 Å². The first-order valence-corrected chi connectivity index (χ1v) is 6.75. The lowest BCUT2D eigenvalue weighted by molar-refractivity contribution is 0.369. The van der Waals surface area contributed by atoms with Crippen LogP contribution in [0.4, 0.5) is 5.69 Å². The monoisotopic (exact) mass is 242 g/mol. The molecule has 1 heterocycles. The Morgan fingerprint density at radius 2 is 1.83 bits per heavy atom. The van der Waals surface area contributed by atoms with Crippen molar-refractivity contribution >= 4 is 5.69 Å². The summed E-state index contributed by atoms with van der Waals surface area (Å²) in [6, 6.07) is 8.92. The van der Waals surface area contributed by atoms with Crippen molar-refractivity contribution in [1.29, 1.82) is 0 Å². The zero-order valence-corrected chi connectivity index (χ0v) is 11.2. The first kappa shape index (κ1) is 13.0. The number of hydrogen-bond donors (Lipinski definition) is 0. The molecule has 2 nitrogen and oxygen atoms in total. The summed E-state index contributed by atoms with van der Waals surface area (Å²) in [4.78, 5) is 4.63. The normalized spacial score (nSPS) is 15.7. The van der Waals surface area contributed by atoms with Gasteiger partial charge in [-0.3, -0.25) is 4.90 Å². The SMILES string of the molecule is C#CCN(C)Cc1ccc(N2CCCCC2)cc1. The zero-order chi connectivity index (χ0) is 12.8. The van der Waals surface area contributed by atoms with Crippen molar-refractivity contribution in [2.24, 2.45) is 0 Å². The highest BCUT2D eigenvalue weighted by Gasteiger charge is 2.10. The summed E-state index contributed by atoms with van der Waals surface area (Å²) in [6.45, 7) is 4.03. The Labute approximate surface area is 111 Å². The van der Waals surface area contributed by atoms with Crippen LogP contribution in [0.1, 0.15) is 24.8 Å². The van der Waals surface area contributed by atoms with Gasteiger partial charge in [0.2, 0.25) is 0 Å². The first-order valence-electron chi connectivity index (χ1n) is 6.75. The van der Waals surface area contributed by atoms with Gasteiger partial charge in [0.25, 0.3) is 0 Å². The van der Waals surface area contributed by atoms with E-state index >= 15 is 0 Å². The minimum Gasteiger partial charge on any atom is -0.372 e. The Hall–Kier alpha value is -1.46. The highest BCUT2D eigenvalue weighted by Crippen LogP contribution is 2.20. The van der Waals surface area contributed by atoms with Gasteiger partial charge in [0.15, 0.2) is 0 Å². The molecule has 1 aliphatic rings. The van der Waals surface area contributed by atoms with Crippen molar-refractivity contribution in [3.05, 3.63) is 29.8 Å². The van der Waals surface area contributed by atoms with Crippen LogP contribution in [0.15, 0.2) is 24.3 Å². The van der Waals surface area contributed by atoms with Crippen molar-refractivity contribution in [1.82, 2.24) is 4.90 Å². The fourth-order valence-electron chi connectivity index (χ4n) is 2.49. The fourth-order valence-corrected chi connectivity index (χ4v) is 2.49. The molecule has 0 aromatic heterocycles. The molecule has 96 valence electrons. The number of rotatable bonds is 4. The number of piperidine rings is 1. The van der Waals surface area contributed by atoms with Crippen LogP contribution in [0.25, 0.3) is 0 Å². The van der Waals surface area contributed by atoms with Gasteiger partial charge in [0.05, 0.1) is 6.54 Å². The lowest BCUT2D eigenvalue weighted by Crippen LogP contribution is -2.29. The number of nitrogens with zero attached hydrogens (tertiary/aromatic N) is 2. The first-order chi connectivity index (χ1) is 8.79. The van der Waals surface area contributed by atoms with E-state index in [4.69, 9.17) is 6.42 Å². The summed E-state index contributed by atoms with van der Waals surface area (Å²) in [6.07, 6.45) is 9.34. The van der Waals surface area contributed by atoms with Crippen LogP contribution in [-0.2, 0) is 6.54 Å². The van der Waals surface area contributed by atoms with Crippen molar-refractivity contribution in [2.75, 3.05) is 31.6 Å². The van der Waals surface area contributed by atoms with Crippen LogP contribution < -0.4 is 4.90 Å². The van der Waals surface area contributed by atoms with Gasteiger partial charge in [-0.2, -0.15) is 0 Å². The summed E-state index contributed by atoms with van der Waals surface area (Å²) in [5.74, 6) is 2.67. The van der Waals surface area contributed by atoms with E-state index in [9.17, 15) is 0 Å². The Morgan fingerprint density at radius 1 is 1.17 bits per heavy atom. The van der Waals surface area contributed by atoms with Crippen LogP contribution in [0.2, 0.25) is 0 Å². The number of benzene rings is 1. The van der Waals surface area contributed by atoms with Gasteiger partial charge in [0.1, 0.15) is 0 Å². The highest BCUT2D eigenvalue weighted by molar-refractivity contribution is 5.47. The second kappa shape index (κ2) is 6.47. The van der Waals surface area contributed by atoms with E-state index < -0.39 is 0 Å². The van der Waals surface area contributed by atoms with Crippen LogP contribution in [0.3, 0.4) is 0 Å². The van der Waals surface area contributed by atoms with Crippen LogP contribution in [0.5, 0.6) is 0 Å². The van der Waals surface area contributed by atoms with Gasteiger partial charge in [-0.25, -0.2) is 0 Å². The average molecular weight is 242 g/mol. The van der Waals surface area contributed by atoms with Crippen molar-refractivity contribution in [2.45, 2.75) is 25.8 Å². The quantitative estimate of drug-likeness (QED) is 0.749. The molecule has 0 radical (unpaired) electrons. The molecule has 0 aliphatic carbocycles. The number of terminal acetylenes is 1. The Morgan fingerprint density at radius 3 is 2.44 bits per heavy atom. The van der Waals surface area contributed by atoms with Crippen LogP contribution >= 0.6 is 0 Å². The number of anilines is 1. The second-order valence-corrected chi connectivity index (χ2v) is 5.09. The molecular weight excluding hydrogens is 220 g/mol. The molecule has 0 amide bonds. The summed E-state index contributed by atoms with van der Waals surface area (Å²) < 4.78 is 0. The zero-order valence-electron chi connectivity index (χ0n) is 11.2. The second-order valence-electron chi connectivity index (χ2n) is 5.09. The number of hydrogen-bond acceptors (Lipinski definition) is 2. The molecule has 0 unspecified atom stereocenters. The van der Waals surface area contributed by atoms with Crippen molar-refractivity contribution < 1.29 is 0 Å². The molecular formula is C16H22N2. The van der Waals surface area contributed by atoms with Crippen LogP contribution in [0, 0.1) is 12.3 Å². The van der Waals surface area contributed by atoms with Crippen LogP contribution in [-0.4, -0.2) is 31.6 Å². The Balaban J connectivity index is 1.94. The molecule has 1 aromatic carbocycles. The van der Waals surface area contributed by atoms with Crippen molar-refractivity contribution in [3.63, 3.8) is 0 Å². The van der Waals surface area contributed by atoms with E-state index in [0.717, 1.165) is 6.54 Å². The minimum atomic E-state index is 0.702. The van der Waals surface area contributed by atoms with Gasteiger partial charge in [-0.05, 0) is 44.0 Å². The highest BCUT2D eigenvalue weighted by atomic mass is 15.1. The lowest BCUT2D eigenvalue weighted by atomic mass is 10.1. The Kier molecular flexibility index (Phi) is 4.66. The van der Waals surface area contributed by atoms with E-state index in [0.29, 0.717) is 6.54 Å². The summed E-state index contributed by atoms with van der Waals surface area (Å²) >= 11 is 0. The predicted octanol–water partition coefficient (Wildman–Crippen LogP) is 2.74. The third kappa shape index (κ3) is 3.51. The molecule has 2 rings (SSSR count). The smallest absolute Gasteiger partial charge is 0.0599 e. The maximum Gasteiger partial charge on any atom is 0.0599 e. The topological polar surface area (TPSA) is 6.48 Å². The molecule has 18 heavy (non-hydrogen) atoms. The lowest BCUT2D eigenvalue weighted by Gasteiger charge is -2.29. The van der Waals surface area contributed by atoms with Gasteiger partial charge >= 0.3 is 0 Å². The van der Waals surface area contributed by atoms with Gasteiger partial charge < -0.3 is 4.90 Å². The summed E-state index contributed by atoms with van der Waals surface area (Å²) in [5, 5.41) is 0. The van der Waals surface area contributed by atoms with E-state index in [1.165, 1.54) is 43.6 Å². The largest absolute Gasteiger partial charge is 0.372 e. The Bertz CT molecular complexity index is 396. The average Bonchev–Trinajstić information content (AvgIpc) is 2.41. The summed E-state index contributed by atoms with van der Waals surface area (Å²) in [5.41, 5.74) is 2.69. The minimum absolute atomic E-state index is 0.702. The fraction of sp³-hybridized carbons (Fsp3) is 0.500. The van der Waals surface area contributed by atoms with E-state index in [1.807, 2.05) is 0 Å². The molecule has 0 atom stereocenters. The van der Waals surface area contributed by atoms with Crippen molar-refractivity contribution in [3.8, 4) is 12.3 Å². The molecule has 1 aliphatic heterocycles. The molecule has 0 spiro atoms. The third-order valence-corrected chi connectivity index (χ3v) is 3.47. The molecule has 1 fully saturated rings. The molecule has 0 bridgehead atoms. The van der Waals surface area contributed by atoms with E-state index in [1.54, 1.807) is 0 Å². The molecule has 0 saturated carbocycles. The predicted molar refractivity (Wildman–Crippen MR) is 77.7 cm³/mol. The third-order valence-electron chi connectivity index (χ3n) is 3.47. The molecule has 0 N–H and O–H groups in total. The van der Waals surface area contributed by atoms with E-state index in [-0.39, 0.29) is 0 Å². The standard InChI is InChI=1S/C16H22N2/c1-3-11-17(2)14-15-7-9-16(10-8-15)18-12-5-4-6-13-18/h1,7-10H,4-6,11-14H2,2H3. The molecule has 2 heteroatoms. The van der Waals surface area contributed by atoms with Gasteiger partial charge in [-0.1, -0.05) is 18.1 Å². The van der Waals surface area contributed by atoms with E-state index in [2.05, 4.69) is 47.0 Å². The molecule has 1 saturated heterocycles. The van der Waals surface area contributed by atoms with Gasteiger partial charge in [0, 0.05) is 25.3 Å². The summed E-state index contributed by atoms with van der Waals surface area (Å²) in [7, 11) is 2.05. The maximum atomic E-state index is 5.31. The maximum absolute atomic E-state index is 5.31. The molecule has 1 aromatic rings.